The number of hydrogen-bond donors (Lipinski definition) is 2. The largest absolute Gasteiger partial charge is 0.387 e. The normalized spacial score (nSPS) is 23.0. The van der Waals surface area contributed by atoms with Crippen LogP contribution in [0.2, 0.25) is 0 Å². The van der Waals surface area contributed by atoms with Crippen LogP contribution in [0.4, 0.5) is 0 Å². The van der Waals surface area contributed by atoms with E-state index in [4.69, 9.17) is 11.1 Å². The molecule has 1 rings (SSSR count). The van der Waals surface area contributed by atoms with E-state index in [-0.39, 0.29) is 5.92 Å². The fourth-order valence-electron chi connectivity index (χ4n) is 1.77. The Kier molecular flexibility index (Phi) is 4.35. The average Bonchev–Trinajstić information content (AvgIpc) is 2.31. The van der Waals surface area contributed by atoms with Gasteiger partial charge in [-0.15, -0.1) is 0 Å². The van der Waals surface area contributed by atoms with Gasteiger partial charge >= 0.3 is 0 Å². The summed E-state index contributed by atoms with van der Waals surface area (Å²) in [7, 11) is 2.16. The minimum atomic E-state index is 0.193. The summed E-state index contributed by atoms with van der Waals surface area (Å²) < 4.78 is 0. The first-order valence-corrected chi connectivity index (χ1v) is 5.34. The van der Waals surface area contributed by atoms with Crippen LogP contribution in [0.3, 0.4) is 0 Å². The number of nitrogens with one attached hydrogen (secondary N) is 1. The highest BCUT2D eigenvalue weighted by Gasteiger charge is 2.15. The standard InChI is InChI=1S/C10H22N4/c1-9(10(11)12)8-14-5-3-4-13(2)6-7-14/h9H,3-8H2,1-2H3,(H3,11,12). The van der Waals surface area contributed by atoms with E-state index in [1.165, 1.54) is 13.0 Å². The predicted octanol–water partition coefficient (Wildman–Crippen LogP) is 0.196. The monoisotopic (exact) mass is 198 g/mol. The van der Waals surface area contributed by atoms with Gasteiger partial charge in [0, 0.05) is 25.6 Å². The van der Waals surface area contributed by atoms with E-state index < -0.39 is 0 Å². The van der Waals surface area contributed by atoms with Gasteiger partial charge in [-0.05, 0) is 26.6 Å². The fourth-order valence-corrected chi connectivity index (χ4v) is 1.77. The van der Waals surface area contributed by atoms with Crippen LogP contribution in [0, 0.1) is 11.3 Å². The van der Waals surface area contributed by atoms with Crippen molar-refractivity contribution in [3.8, 4) is 0 Å². The second kappa shape index (κ2) is 5.32. The van der Waals surface area contributed by atoms with Gasteiger partial charge < -0.3 is 15.5 Å². The molecule has 0 bridgehead atoms. The van der Waals surface area contributed by atoms with Crippen molar-refractivity contribution in [3.63, 3.8) is 0 Å². The van der Waals surface area contributed by atoms with Gasteiger partial charge in [-0.3, -0.25) is 5.41 Å². The zero-order valence-electron chi connectivity index (χ0n) is 9.29. The quantitative estimate of drug-likeness (QED) is 0.503. The van der Waals surface area contributed by atoms with Crippen LogP contribution in [0.1, 0.15) is 13.3 Å². The Morgan fingerprint density at radius 3 is 2.71 bits per heavy atom. The highest BCUT2D eigenvalue weighted by atomic mass is 15.2. The first kappa shape index (κ1) is 11.5. The molecule has 0 spiro atoms. The highest BCUT2D eigenvalue weighted by molar-refractivity contribution is 5.79. The lowest BCUT2D eigenvalue weighted by atomic mass is 10.1. The van der Waals surface area contributed by atoms with Crippen molar-refractivity contribution in [2.45, 2.75) is 13.3 Å². The average molecular weight is 198 g/mol. The van der Waals surface area contributed by atoms with Crippen molar-refractivity contribution in [2.24, 2.45) is 11.7 Å². The van der Waals surface area contributed by atoms with Gasteiger partial charge in [0.2, 0.25) is 0 Å². The lowest BCUT2D eigenvalue weighted by Gasteiger charge is -2.23. The van der Waals surface area contributed by atoms with E-state index in [0.717, 1.165) is 26.2 Å². The van der Waals surface area contributed by atoms with Crippen LogP contribution in [0.15, 0.2) is 0 Å². The molecule has 4 heteroatoms. The van der Waals surface area contributed by atoms with Gasteiger partial charge in [-0.1, -0.05) is 6.92 Å². The summed E-state index contributed by atoms with van der Waals surface area (Å²) in [4.78, 5) is 4.77. The number of rotatable bonds is 3. The van der Waals surface area contributed by atoms with E-state index >= 15 is 0 Å². The fraction of sp³-hybridized carbons (Fsp3) is 0.900. The number of hydrogen-bond acceptors (Lipinski definition) is 3. The van der Waals surface area contributed by atoms with Gasteiger partial charge in [0.15, 0.2) is 0 Å². The molecule has 82 valence electrons. The SMILES string of the molecule is CC(CN1CCCN(C)CC1)C(=N)N. The third kappa shape index (κ3) is 3.64. The van der Waals surface area contributed by atoms with Crippen LogP contribution in [0.5, 0.6) is 0 Å². The van der Waals surface area contributed by atoms with E-state index in [0.29, 0.717) is 5.84 Å². The van der Waals surface area contributed by atoms with Crippen LogP contribution in [-0.2, 0) is 0 Å². The molecule has 1 heterocycles. The topological polar surface area (TPSA) is 56.4 Å². The summed E-state index contributed by atoms with van der Waals surface area (Å²) in [5.41, 5.74) is 5.47. The molecule has 1 atom stereocenters. The Labute approximate surface area is 86.6 Å². The van der Waals surface area contributed by atoms with Gasteiger partial charge in [0.05, 0.1) is 5.84 Å². The molecular weight excluding hydrogens is 176 g/mol. The molecule has 1 fully saturated rings. The molecule has 14 heavy (non-hydrogen) atoms. The maximum atomic E-state index is 7.35. The van der Waals surface area contributed by atoms with Crippen LogP contribution < -0.4 is 5.73 Å². The zero-order valence-corrected chi connectivity index (χ0v) is 9.29. The number of likely N-dealkylation sites (N-methyl/N-ethyl adjacent to an activating group) is 1. The molecule has 0 saturated carbocycles. The summed E-state index contributed by atoms with van der Waals surface area (Å²) >= 11 is 0. The molecule has 0 radical (unpaired) electrons. The summed E-state index contributed by atoms with van der Waals surface area (Å²) in [6.07, 6.45) is 1.22. The Bertz CT molecular complexity index is 193. The number of nitrogens with zero attached hydrogens (tertiary/aromatic N) is 2. The minimum Gasteiger partial charge on any atom is -0.387 e. The number of amidine groups is 1. The summed E-state index contributed by atoms with van der Waals surface area (Å²) in [6, 6.07) is 0. The van der Waals surface area contributed by atoms with E-state index in [1.54, 1.807) is 0 Å². The molecule has 0 aromatic carbocycles. The molecule has 0 aromatic heterocycles. The summed E-state index contributed by atoms with van der Waals surface area (Å²) in [5, 5.41) is 7.35. The van der Waals surface area contributed by atoms with Crippen molar-refractivity contribution in [2.75, 3.05) is 39.8 Å². The molecule has 0 aliphatic carbocycles. The van der Waals surface area contributed by atoms with Gasteiger partial charge in [0.1, 0.15) is 0 Å². The third-order valence-corrected chi connectivity index (χ3v) is 2.88. The smallest absolute Gasteiger partial charge is 0.0947 e. The van der Waals surface area contributed by atoms with Gasteiger partial charge in [-0.25, -0.2) is 0 Å². The predicted molar refractivity (Wildman–Crippen MR) is 59.6 cm³/mol. The van der Waals surface area contributed by atoms with E-state index in [2.05, 4.69) is 16.8 Å². The van der Waals surface area contributed by atoms with Crippen LogP contribution in [0.25, 0.3) is 0 Å². The molecule has 1 aliphatic heterocycles. The van der Waals surface area contributed by atoms with Gasteiger partial charge in [0.25, 0.3) is 0 Å². The van der Waals surface area contributed by atoms with Crippen molar-refractivity contribution in [1.29, 1.82) is 5.41 Å². The lowest BCUT2D eigenvalue weighted by Crippen LogP contribution is -2.36. The minimum absolute atomic E-state index is 0.193. The third-order valence-electron chi connectivity index (χ3n) is 2.88. The summed E-state index contributed by atoms with van der Waals surface area (Å²) in [5.74, 6) is 0.501. The molecule has 1 aliphatic rings. The van der Waals surface area contributed by atoms with Crippen molar-refractivity contribution < 1.29 is 0 Å². The van der Waals surface area contributed by atoms with E-state index in [1.807, 2.05) is 6.92 Å². The first-order valence-electron chi connectivity index (χ1n) is 5.34. The molecular formula is C10H22N4. The Balaban J connectivity index is 2.33. The zero-order chi connectivity index (χ0) is 10.6. The van der Waals surface area contributed by atoms with Crippen molar-refractivity contribution in [1.82, 2.24) is 9.80 Å². The molecule has 3 N–H and O–H groups in total. The van der Waals surface area contributed by atoms with Crippen LogP contribution >= 0.6 is 0 Å². The van der Waals surface area contributed by atoms with Gasteiger partial charge in [-0.2, -0.15) is 0 Å². The molecule has 1 saturated heterocycles. The van der Waals surface area contributed by atoms with Crippen molar-refractivity contribution in [3.05, 3.63) is 0 Å². The Hall–Kier alpha value is -0.610. The molecule has 1 unspecified atom stereocenters. The molecule has 0 amide bonds. The van der Waals surface area contributed by atoms with Crippen molar-refractivity contribution >= 4 is 5.84 Å². The maximum absolute atomic E-state index is 7.35. The number of nitrogens with two attached hydrogens (primary N) is 1. The summed E-state index contributed by atoms with van der Waals surface area (Å²) in [6.45, 7) is 7.52. The maximum Gasteiger partial charge on any atom is 0.0947 e. The second-order valence-electron chi connectivity index (χ2n) is 4.31. The first-order chi connectivity index (χ1) is 6.59. The Morgan fingerprint density at radius 2 is 2.07 bits per heavy atom. The Morgan fingerprint density at radius 1 is 1.36 bits per heavy atom. The molecule has 0 aromatic rings. The van der Waals surface area contributed by atoms with Crippen LogP contribution in [-0.4, -0.2) is 55.4 Å². The highest BCUT2D eigenvalue weighted by Crippen LogP contribution is 2.04. The van der Waals surface area contributed by atoms with E-state index in [9.17, 15) is 0 Å². The second-order valence-corrected chi connectivity index (χ2v) is 4.31. The molecule has 4 nitrogen and oxygen atoms in total. The lowest BCUT2D eigenvalue weighted by molar-refractivity contribution is 0.262.